The van der Waals surface area contributed by atoms with E-state index in [2.05, 4.69) is 17.1 Å². The number of hydrogen-bond donors (Lipinski definition) is 1. The fourth-order valence-corrected chi connectivity index (χ4v) is 4.55. The van der Waals surface area contributed by atoms with Crippen LogP contribution in [0.2, 0.25) is 0 Å². The SMILES string of the molecule is CCCN1CCC[C@H]2Cc3nc(NC)sc3C[C@@H]21. The van der Waals surface area contributed by atoms with E-state index in [1.807, 2.05) is 18.4 Å². The van der Waals surface area contributed by atoms with E-state index >= 15 is 0 Å². The molecule has 1 aliphatic heterocycles. The van der Waals surface area contributed by atoms with Gasteiger partial charge in [-0.1, -0.05) is 6.92 Å². The van der Waals surface area contributed by atoms with Crippen molar-refractivity contribution >= 4 is 16.5 Å². The fraction of sp³-hybridized carbons (Fsp3) is 0.786. The lowest BCUT2D eigenvalue weighted by atomic mass is 9.79. The lowest BCUT2D eigenvalue weighted by Crippen LogP contribution is -2.49. The number of nitrogens with one attached hydrogen (secondary N) is 1. The Morgan fingerprint density at radius 1 is 1.44 bits per heavy atom. The Hall–Kier alpha value is -0.610. The monoisotopic (exact) mass is 265 g/mol. The largest absolute Gasteiger partial charge is 0.365 e. The predicted octanol–water partition coefficient (Wildman–Crippen LogP) is 2.77. The minimum atomic E-state index is 0.788. The topological polar surface area (TPSA) is 28.2 Å². The average molecular weight is 265 g/mol. The Bertz CT molecular complexity index is 413. The van der Waals surface area contributed by atoms with Crippen LogP contribution in [-0.2, 0) is 12.8 Å². The molecule has 100 valence electrons. The summed E-state index contributed by atoms with van der Waals surface area (Å²) >= 11 is 1.86. The highest BCUT2D eigenvalue weighted by atomic mass is 32.1. The molecule has 0 bridgehead atoms. The number of rotatable bonds is 3. The van der Waals surface area contributed by atoms with Crippen molar-refractivity contribution in [2.75, 3.05) is 25.5 Å². The van der Waals surface area contributed by atoms with Gasteiger partial charge in [0.1, 0.15) is 0 Å². The van der Waals surface area contributed by atoms with Crippen molar-refractivity contribution in [1.82, 2.24) is 9.88 Å². The molecular formula is C14H23N3S. The minimum Gasteiger partial charge on any atom is -0.365 e. The van der Waals surface area contributed by atoms with E-state index in [-0.39, 0.29) is 0 Å². The summed E-state index contributed by atoms with van der Waals surface area (Å²) in [5.74, 6) is 0.851. The molecule has 3 rings (SSSR count). The average Bonchev–Trinajstić information content (AvgIpc) is 2.79. The van der Waals surface area contributed by atoms with Gasteiger partial charge < -0.3 is 5.32 Å². The van der Waals surface area contributed by atoms with E-state index in [0.717, 1.165) is 17.1 Å². The summed E-state index contributed by atoms with van der Waals surface area (Å²) in [5.41, 5.74) is 1.38. The molecule has 4 heteroatoms. The maximum Gasteiger partial charge on any atom is 0.182 e. The molecule has 18 heavy (non-hydrogen) atoms. The molecule has 0 amide bonds. The Balaban J connectivity index is 1.82. The molecule has 1 aromatic rings. The van der Waals surface area contributed by atoms with Gasteiger partial charge in [-0.15, -0.1) is 11.3 Å². The summed E-state index contributed by atoms with van der Waals surface area (Å²) in [7, 11) is 1.97. The number of piperidine rings is 1. The van der Waals surface area contributed by atoms with Crippen LogP contribution in [0, 0.1) is 5.92 Å². The van der Waals surface area contributed by atoms with Gasteiger partial charge in [0.25, 0.3) is 0 Å². The molecule has 1 fully saturated rings. The van der Waals surface area contributed by atoms with Crippen LogP contribution in [0.3, 0.4) is 0 Å². The molecule has 2 heterocycles. The Morgan fingerprint density at radius 2 is 2.33 bits per heavy atom. The number of aromatic nitrogens is 1. The van der Waals surface area contributed by atoms with Gasteiger partial charge in [-0.2, -0.15) is 0 Å². The molecule has 1 saturated heterocycles. The Morgan fingerprint density at radius 3 is 3.11 bits per heavy atom. The van der Waals surface area contributed by atoms with Gasteiger partial charge in [0.15, 0.2) is 5.13 Å². The van der Waals surface area contributed by atoms with Gasteiger partial charge in [-0.25, -0.2) is 4.98 Å². The third-order valence-corrected chi connectivity index (χ3v) is 5.52. The van der Waals surface area contributed by atoms with Crippen molar-refractivity contribution in [1.29, 1.82) is 0 Å². The number of nitrogens with zero attached hydrogens (tertiary/aromatic N) is 2. The van der Waals surface area contributed by atoms with Crippen LogP contribution >= 0.6 is 11.3 Å². The first-order valence-electron chi connectivity index (χ1n) is 7.22. The lowest BCUT2D eigenvalue weighted by Gasteiger charge is -2.43. The molecule has 0 saturated carbocycles. The normalized spacial score (nSPS) is 27.7. The second-order valence-electron chi connectivity index (χ2n) is 5.55. The van der Waals surface area contributed by atoms with Crippen molar-refractivity contribution in [2.45, 2.75) is 45.1 Å². The van der Waals surface area contributed by atoms with Crippen LogP contribution in [0.1, 0.15) is 36.8 Å². The maximum atomic E-state index is 4.72. The lowest BCUT2D eigenvalue weighted by molar-refractivity contribution is 0.0857. The molecular weight excluding hydrogens is 242 g/mol. The summed E-state index contributed by atoms with van der Waals surface area (Å²) in [6.07, 6.45) is 6.49. The van der Waals surface area contributed by atoms with Crippen molar-refractivity contribution in [3.05, 3.63) is 10.6 Å². The van der Waals surface area contributed by atoms with E-state index < -0.39 is 0 Å². The third-order valence-electron chi connectivity index (χ3n) is 4.39. The van der Waals surface area contributed by atoms with Crippen LogP contribution in [0.25, 0.3) is 0 Å². The highest BCUT2D eigenvalue weighted by Crippen LogP contribution is 2.38. The van der Waals surface area contributed by atoms with E-state index in [4.69, 9.17) is 4.98 Å². The maximum absolute atomic E-state index is 4.72. The Kier molecular flexibility index (Phi) is 3.57. The smallest absolute Gasteiger partial charge is 0.182 e. The molecule has 0 aromatic carbocycles. The zero-order chi connectivity index (χ0) is 12.5. The zero-order valence-electron chi connectivity index (χ0n) is 11.4. The number of likely N-dealkylation sites (tertiary alicyclic amines) is 1. The molecule has 0 radical (unpaired) electrons. The summed E-state index contributed by atoms with van der Waals surface area (Å²) in [4.78, 5) is 8.98. The first-order chi connectivity index (χ1) is 8.81. The highest BCUT2D eigenvalue weighted by molar-refractivity contribution is 7.15. The van der Waals surface area contributed by atoms with Gasteiger partial charge >= 0.3 is 0 Å². The standard InChI is InChI=1S/C14H23N3S/c1-3-6-17-7-4-5-10-8-11-13(9-12(10)17)18-14(15-2)16-11/h10,12H,3-9H2,1-2H3,(H,15,16)/t10-,12-/m0/s1. The van der Waals surface area contributed by atoms with Gasteiger partial charge in [0.05, 0.1) is 5.69 Å². The molecule has 0 unspecified atom stereocenters. The van der Waals surface area contributed by atoms with Gasteiger partial charge in [-0.05, 0) is 51.1 Å². The van der Waals surface area contributed by atoms with Crippen molar-refractivity contribution in [3.63, 3.8) is 0 Å². The second kappa shape index (κ2) is 5.17. The summed E-state index contributed by atoms with van der Waals surface area (Å²) in [6.45, 7) is 4.87. The summed E-state index contributed by atoms with van der Waals surface area (Å²) in [6, 6.07) is 0.788. The van der Waals surface area contributed by atoms with Crippen LogP contribution < -0.4 is 5.32 Å². The van der Waals surface area contributed by atoms with Crippen molar-refractivity contribution in [2.24, 2.45) is 5.92 Å². The van der Waals surface area contributed by atoms with E-state index in [1.54, 1.807) is 0 Å². The van der Waals surface area contributed by atoms with Gasteiger partial charge in [0, 0.05) is 18.0 Å². The number of hydrogen-bond acceptors (Lipinski definition) is 4. The van der Waals surface area contributed by atoms with Crippen LogP contribution in [0.5, 0.6) is 0 Å². The summed E-state index contributed by atoms with van der Waals surface area (Å²) < 4.78 is 0. The number of thiazole rings is 1. The third kappa shape index (κ3) is 2.16. The van der Waals surface area contributed by atoms with E-state index in [1.165, 1.54) is 55.8 Å². The molecule has 2 atom stereocenters. The quantitative estimate of drug-likeness (QED) is 0.911. The van der Waals surface area contributed by atoms with E-state index in [9.17, 15) is 0 Å². The van der Waals surface area contributed by atoms with Gasteiger partial charge in [-0.3, -0.25) is 4.90 Å². The minimum absolute atomic E-state index is 0.788. The number of fused-ring (bicyclic) bond motifs is 2. The molecule has 1 N–H and O–H groups in total. The fourth-order valence-electron chi connectivity index (χ4n) is 3.56. The second-order valence-corrected chi connectivity index (χ2v) is 6.64. The predicted molar refractivity (Wildman–Crippen MR) is 77.4 cm³/mol. The molecule has 2 aliphatic rings. The first-order valence-corrected chi connectivity index (χ1v) is 8.03. The Labute approximate surface area is 114 Å². The first kappa shape index (κ1) is 12.4. The molecule has 0 spiro atoms. The molecule has 1 aliphatic carbocycles. The van der Waals surface area contributed by atoms with Gasteiger partial charge in [0.2, 0.25) is 0 Å². The van der Waals surface area contributed by atoms with E-state index in [0.29, 0.717) is 0 Å². The number of anilines is 1. The molecule has 1 aromatic heterocycles. The van der Waals surface area contributed by atoms with Crippen LogP contribution in [0.15, 0.2) is 0 Å². The molecule has 3 nitrogen and oxygen atoms in total. The van der Waals surface area contributed by atoms with Crippen LogP contribution in [0.4, 0.5) is 5.13 Å². The highest BCUT2D eigenvalue weighted by Gasteiger charge is 2.36. The zero-order valence-corrected chi connectivity index (χ0v) is 12.2. The van der Waals surface area contributed by atoms with Crippen molar-refractivity contribution < 1.29 is 0 Å². The summed E-state index contributed by atoms with van der Waals surface area (Å²) in [5, 5.41) is 4.29. The van der Waals surface area contributed by atoms with Crippen molar-refractivity contribution in [3.8, 4) is 0 Å². The van der Waals surface area contributed by atoms with Crippen LogP contribution in [-0.4, -0.2) is 36.1 Å².